The van der Waals surface area contributed by atoms with Gasteiger partial charge >= 0.3 is 0 Å². The van der Waals surface area contributed by atoms with Crippen LogP contribution >= 0.6 is 0 Å². The van der Waals surface area contributed by atoms with Crippen molar-refractivity contribution in [1.82, 2.24) is 10.2 Å². The fourth-order valence-electron chi connectivity index (χ4n) is 2.41. The van der Waals surface area contributed by atoms with Crippen molar-refractivity contribution in [1.29, 1.82) is 0 Å². The van der Waals surface area contributed by atoms with Gasteiger partial charge in [0.15, 0.2) is 0 Å². The zero-order valence-electron chi connectivity index (χ0n) is 12.4. The lowest BCUT2D eigenvalue weighted by Gasteiger charge is -2.24. The van der Waals surface area contributed by atoms with Crippen LogP contribution in [0.25, 0.3) is 0 Å². The number of nitrogens with two attached hydrogens (primary N) is 1. The number of nitrogens with one attached hydrogen (secondary N) is 1. The molecule has 0 spiro atoms. The number of rotatable bonds is 7. The van der Waals surface area contributed by atoms with Crippen molar-refractivity contribution in [3.63, 3.8) is 0 Å². The van der Waals surface area contributed by atoms with Crippen molar-refractivity contribution >= 4 is 5.91 Å². The first-order chi connectivity index (χ1) is 9.61. The number of benzene rings is 1. The summed E-state index contributed by atoms with van der Waals surface area (Å²) in [5.41, 5.74) is 7.76. The Morgan fingerprint density at radius 3 is 2.65 bits per heavy atom. The van der Waals surface area contributed by atoms with Crippen molar-refractivity contribution in [2.75, 3.05) is 13.6 Å². The lowest BCUT2D eigenvalue weighted by Crippen LogP contribution is -2.41. The van der Waals surface area contributed by atoms with E-state index in [2.05, 4.69) is 24.2 Å². The van der Waals surface area contributed by atoms with Gasteiger partial charge in [-0.1, -0.05) is 24.3 Å². The van der Waals surface area contributed by atoms with Crippen LogP contribution in [0.15, 0.2) is 24.3 Å². The van der Waals surface area contributed by atoms with Crippen LogP contribution in [0, 0.1) is 0 Å². The molecule has 0 radical (unpaired) electrons. The van der Waals surface area contributed by atoms with E-state index in [-0.39, 0.29) is 5.91 Å². The second-order valence-corrected chi connectivity index (χ2v) is 5.70. The van der Waals surface area contributed by atoms with Crippen molar-refractivity contribution < 1.29 is 4.79 Å². The highest BCUT2D eigenvalue weighted by Crippen LogP contribution is 2.26. The number of hydrogen-bond donors (Lipinski definition) is 2. The number of likely N-dealkylation sites (N-methyl/N-ethyl adjacent to an activating group) is 1. The fraction of sp³-hybridized carbons (Fsp3) is 0.562. The Hall–Kier alpha value is -1.39. The summed E-state index contributed by atoms with van der Waals surface area (Å²) in [5, 5.41) is 3.02. The molecule has 1 fully saturated rings. The minimum atomic E-state index is 0.0712. The molecule has 20 heavy (non-hydrogen) atoms. The highest BCUT2D eigenvalue weighted by molar-refractivity contribution is 5.78. The lowest BCUT2D eigenvalue weighted by molar-refractivity contribution is -0.120. The molecule has 3 N–H and O–H groups in total. The summed E-state index contributed by atoms with van der Waals surface area (Å²) in [6.07, 6.45) is 2.99. The topological polar surface area (TPSA) is 58.4 Å². The van der Waals surface area contributed by atoms with Gasteiger partial charge in [-0.25, -0.2) is 0 Å². The van der Waals surface area contributed by atoms with Crippen LogP contribution in [0.2, 0.25) is 0 Å². The Morgan fingerprint density at radius 2 is 2.05 bits per heavy atom. The summed E-state index contributed by atoms with van der Waals surface area (Å²) < 4.78 is 0. The molecule has 1 aliphatic rings. The lowest BCUT2D eigenvalue weighted by atomic mass is 10.0. The van der Waals surface area contributed by atoms with Gasteiger partial charge in [-0.15, -0.1) is 0 Å². The number of amides is 1. The second-order valence-electron chi connectivity index (χ2n) is 5.70. The van der Waals surface area contributed by atoms with Crippen LogP contribution in [-0.4, -0.2) is 36.5 Å². The first-order valence-corrected chi connectivity index (χ1v) is 7.37. The maximum Gasteiger partial charge on any atom is 0.224 e. The van der Waals surface area contributed by atoms with E-state index in [1.807, 2.05) is 24.3 Å². The molecule has 1 aliphatic carbocycles. The molecule has 110 valence electrons. The van der Waals surface area contributed by atoms with Gasteiger partial charge in [-0.05, 0) is 37.9 Å². The van der Waals surface area contributed by atoms with E-state index in [0.717, 1.165) is 17.2 Å². The highest BCUT2D eigenvalue weighted by Gasteiger charge is 2.29. The van der Waals surface area contributed by atoms with Gasteiger partial charge in [0.05, 0.1) is 6.42 Å². The number of carbonyl (C=O) groups is 1. The second kappa shape index (κ2) is 6.86. The summed E-state index contributed by atoms with van der Waals surface area (Å²) in [6, 6.07) is 8.96. The molecule has 0 bridgehead atoms. The van der Waals surface area contributed by atoms with Crippen molar-refractivity contribution in [3.8, 4) is 0 Å². The van der Waals surface area contributed by atoms with E-state index in [9.17, 15) is 4.79 Å². The largest absolute Gasteiger partial charge is 0.354 e. The quantitative estimate of drug-likeness (QED) is 0.788. The summed E-state index contributed by atoms with van der Waals surface area (Å²) in [4.78, 5) is 14.4. The molecule has 1 unspecified atom stereocenters. The average molecular weight is 275 g/mol. The predicted octanol–water partition coefficient (Wildman–Crippen LogP) is 1.29. The van der Waals surface area contributed by atoms with Gasteiger partial charge in [0.1, 0.15) is 0 Å². The van der Waals surface area contributed by atoms with Crippen molar-refractivity contribution in [3.05, 3.63) is 35.4 Å². The third-order valence-electron chi connectivity index (χ3n) is 4.10. The van der Waals surface area contributed by atoms with Gasteiger partial charge in [0.25, 0.3) is 0 Å². The third-order valence-corrected chi connectivity index (χ3v) is 4.10. The van der Waals surface area contributed by atoms with Crippen LogP contribution in [0.3, 0.4) is 0 Å². The Kier molecular flexibility index (Phi) is 5.15. The normalized spacial score (nSPS) is 16.2. The maximum absolute atomic E-state index is 12.0. The molecular weight excluding hydrogens is 250 g/mol. The van der Waals surface area contributed by atoms with E-state index in [4.69, 9.17) is 5.73 Å². The Morgan fingerprint density at radius 1 is 1.40 bits per heavy atom. The Balaban J connectivity index is 1.80. The zero-order chi connectivity index (χ0) is 14.5. The van der Waals surface area contributed by atoms with E-state index in [0.29, 0.717) is 25.6 Å². The molecule has 4 heteroatoms. The number of carbonyl (C=O) groups excluding carboxylic acids is 1. The minimum Gasteiger partial charge on any atom is -0.354 e. The zero-order valence-corrected chi connectivity index (χ0v) is 12.4. The van der Waals surface area contributed by atoms with Crippen molar-refractivity contribution in [2.45, 2.75) is 44.8 Å². The molecule has 0 saturated heterocycles. The molecule has 0 heterocycles. The van der Waals surface area contributed by atoms with Crippen LogP contribution in [-0.2, 0) is 17.8 Å². The molecule has 1 saturated carbocycles. The highest BCUT2D eigenvalue weighted by atomic mass is 16.1. The van der Waals surface area contributed by atoms with Crippen LogP contribution in [0.5, 0.6) is 0 Å². The smallest absolute Gasteiger partial charge is 0.224 e. The first kappa shape index (κ1) is 15.0. The first-order valence-electron chi connectivity index (χ1n) is 7.37. The van der Waals surface area contributed by atoms with Crippen molar-refractivity contribution in [2.24, 2.45) is 5.73 Å². The maximum atomic E-state index is 12.0. The van der Waals surface area contributed by atoms with E-state index < -0.39 is 0 Å². The van der Waals surface area contributed by atoms with Crippen LogP contribution < -0.4 is 11.1 Å². The number of nitrogens with zero attached hydrogens (tertiary/aromatic N) is 1. The standard InChI is InChI=1S/C16H25N3O/c1-12(19(2)15-7-8-15)11-18-16(20)9-13-5-3-4-6-14(13)10-17/h3-6,12,15H,7-11,17H2,1-2H3,(H,18,20). The fourth-order valence-corrected chi connectivity index (χ4v) is 2.41. The van der Waals surface area contributed by atoms with Crippen LogP contribution in [0.1, 0.15) is 30.9 Å². The number of hydrogen-bond acceptors (Lipinski definition) is 3. The van der Waals surface area contributed by atoms with Gasteiger partial charge in [0, 0.05) is 25.2 Å². The third kappa shape index (κ3) is 4.05. The Labute approximate surface area is 121 Å². The van der Waals surface area contributed by atoms with Gasteiger partial charge in [-0.2, -0.15) is 0 Å². The minimum absolute atomic E-state index is 0.0712. The van der Waals surface area contributed by atoms with E-state index in [1.54, 1.807) is 0 Å². The van der Waals surface area contributed by atoms with Gasteiger partial charge in [0.2, 0.25) is 5.91 Å². The van der Waals surface area contributed by atoms with Gasteiger partial charge < -0.3 is 11.1 Å². The molecule has 1 aromatic carbocycles. The van der Waals surface area contributed by atoms with E-state index >= 15 is 0 Å². The molecule has 4 nitrogen and oxygen atoms in total. The predicted molar refractivity (Wildman–Crippen MR) is 81.3 cm³/mol. The summed E-state index contributed by atoms with van der Waals surface area (Å²) in [6.45, 7) is 3.34. The summed E-state index contributed by atoms with van der Waals surface area (Å²) in [5.74, 6) is 0.0712. The summed E-state index contributed by atoms with van der Waals surface area (Å²) in [7, 11) is 2.14. The average Bonchev–Trinajstić information content (AvgIpc) is 3.29. The molecule has 0 aliphatic heterocycles. The molecule has 0 aromatic heterocycles. The monoisotopic (exact) mass is 275 g/mol. The SMILES string of the molecule is CC(CNC(=O)Cc1ccccc1CN)N(C)C1CC1. The van der Waals surface area contributed by atoms with Gasteiger partial charge in [-0.3, -0.25) is 9.69 Å². The molecular formula is C16H25N3O. The van der Waals surface area contributed by atoms with E-state index in [1.165, 1.54) is 12.8 Å². The molecule has 1 aromatic rings. The molecule has 2 rings (SSSR count). The Bertz CT molecular complexity index is 457. The summed E-state index contributed by atoms with van der Waals surface area (Å²) >= 11 is 0. The molecule has 1 amide bonds. The van der Waals surface area contributed by atoms with Crippen LogP contribution in [0.4, 0.5) is 0 Å². The molecule has 1 atom stereocenters.